The van der Waals surface area contributed by atoms with E-state index in [9.17, 15) is 23.2 Å². The number of alkyl halides is 2. The molecule has 0 heterocycles. The number of nitrogens with one attached hydrogen (secondary N) is 2. The summed E-state index contributed by atoms with van der Waals surface area (Å²) in [7, 11) is 0. The molecule has 0 unspecified atom stereocenters. The molecule has 0 bridgehead atoms. The number of amides is 2. The van der Waals surface area contributed by atoms with E-state index in [1.807, 2.05) is 30.3 Å². The van der Waals surface area contributed by atoms with E-state index in [0.29, 0.717) is 5.69 Å². The van der Waals surface area contributed by atoms with Crippen LogP contribution in [0.15, 0.2) is 60.7 Å². The lowest BCUT2D eigenvalue weighted by atomic mass is 10.2. The van der Waals surface area contributed by atoms with Crippen molar-refractivity contribution in [3.05, 3.63) is 66.2 Å². The zero-order valence-electron chi connectivity index (χ0n) is 15.8. The second-order valence-corrected chi connectivity index (χ2v) is 5.90. The van der Waals surface area contributed by atoms with Crippen molar-refractivity contribution in [2.45, 2.75) is 13.0 Å². The Morgan fingerprint density at radius 1 is 1.00 bits per heavy atom. The van der Waals surface area contributed by atoms with Gasteiger partial charge in [0, 0.05) is 18.3 Å². The summed E-state index contributed by atoms with van der Waals surface area (Å²) in [6, 6.07) is 14.5. The topological polar surface area (TPSA) is 93.7 Å². The zero-order valence-corrected chi connectivity index (χ0v) is 15.8. The molecule has 0 saturated carbocycles. The lowest BCUT2D eigenvalue weighted by Gasteiger charge is -2.08. The number of esters is 1. The minimum atomic E-state index is -2.94. The molecule has 0 aliphatic rings. The van der Waals surface area contributed by atoms with Crippen LogP contribution in [-0.2, 0) is 19.1 Å². The maximum atomic E-state index is 12.1. The van der Waals surface area contributed by atoms with Crippen LogP contribution in [0.25, 0.3) is 6.08 Å². The molecule has 9 heteroatoms. The number of ether oxygens (including phenoxy) is 2. The summed E-state index contributed by atoms with van der Waals surface area (Å²) in [5, 5.41) is 4.98. The van der Waals surface area contributed by atoms with Crippen molar-refractivity contribution in [2.24, 2.45) is 0 Å². The molecule has 0 fully saturated rings. The van der Waals surface area contributed by atoms with Gasteiger partial charge in [0.05, 0.1) is 6.42 Å². The van der Waals surface area contributed by atoms with Crippen LogP contribution in [0.3, 0.4) is 0 Å². The second kappa shape index (κ2) is 11.9. The number of carbonyl (C=O) groups is 3. The van der Waals surface area contributed by atoms with Gasteiger partial charge >= 0.3 is 12.6 Å². The summed E-state index contributed by atoms with van der Waals surface area (Å²) in [5.74, 6) is -1.65. The molecular formula is C21H20F2N2O5. The summed E-state index contributed by atoms with van der Waals surface area (Å²) < 4.78 is 33.2. The SMILES string of the molecule is O=C(/C=C/c1ccccc1)NCCC(=O)OCC(=O)Nc1ccc(OC(F)F)cc1. The number of halogens is 2. The third-order valence-corrected chi connectivity index (χ3v) is 3.58. The third kappa shape index (κ3) is 8.96. The first-order valence-corrected chi connectivity index (χ1v) is 8.93. The van der Waals surface area contributed by atoms with Crippen molar-refractivity contribution in [3.63, 3.8) is 0 Å². The van der Waals surface area contributed by atoms with E-state index in [1.54, 1.807) is 6.08 Å². The molecule has 0 aromatic heterocycles. The molecule has 0 aliphatic carbocycles. The minimum absolute atomic E-state index is 0.0462. The number of anilines is 1. The molecule has 2 rings (SSSR count). The summed E-state index contributed by atoms with van der Waals surface area (Å²) >= 11 is 0. The monoisotopic (exact) mass is 418 g/mol. The summed E-state index contributed by atoms with van der Waals surface area (Å²) in [4.78, 5) is 35.1. The van der Waals surface area contributed by atoms with Gasteiger partial charge in [0.1, 0.15) is 5.75 Å². The van der Waals surface area contributed by atoms with Gasteiger partial charge in [0.2, 0.25) is 5.91 Å². The Labute approximate surface area is 171 Å². The lowest BCUT2D eigenvalue weighted by Crippen LogP contribution is -2.26. The Hall–Kier alpha value is -3.75. The van der Waals surface area contributed by atoms with E-state index in [2.05, 4.69) is 15.4 Å². The van der Waals surface area contributed by atoms with Gasteiger partial charge in [-0.15, -0.1) is 0 Å². The molecule has 7 nitrogen and oxygen atoms in total. The van der Waals surface area contributed by atoms with Crippen LogP contribution >= 0.6 is 0 Å². The van der Waals surface area contributed by atoms with Crippen LogP contribution in [0.2, 0.25) is 0 Å². The minimum Gasteiger partial charge on any atom is -0.456 e. The molecule has 0 saturated heterocycles. The van der Waals surface area contributed by atoms with Crippen molar-refractivity contribution >= 4 is 29.5 Å². The van der Waals surface area contributed by atoms with Crippen LogP contribution in [0, 0.1) is 0 Å². The molecular weight excluding hydrogens is 398 g/mol. The van der Waals surface area contributed by atoms with Crippen LogP contribution in [-0.4, -0.2) is 37.5 Å². The number of hydrogen-bond acceptors (Lipinski definition) is 5. The fraction of sp³-hybridized carbons (Fsp3) is 0.190. The van der Waals surface area contributed by atoms with Gasteiger partial charge in [0.15, 0.2) is 6.61 Å². The van der Waals surface area contributed by atoms with Crippen molar-refractivity contribution in [2.75, 3.05) is 18.5 Å². The second-order valence-electron chi connectivity index (χ2n) is 5.90. The van der Waals surface area contributed by atoms with Crippen molar-refractivity contribution in [1.82, 2.24) is 5.32 Å². The smallest absolute Gasteiger partial charge is 0.387 e. The van der Waals surface area contributed by atoms with E-state index in [1.165, 1.54) is 30.3 Å². The lowest BCUT2D eigenvalue weighted by molar-refractivity contribution is -0.147. The van der Waals surface area contributed by atoms with E-state index in [4.69, 9.17) is 4.74 Å². The zero-order chi connectivity index (χ0) is 21.8. The molecule has 2 N–H and O–H groups in total. The number of hydrogen-bond donors (Lipinski definition) is 2. The Kier molecular flexibility index (Phi) is 8.98. The van der Waals surface area contributed by atoms with Crippen LogP contribution in [0.5, 0.6) is 5.75 Å². The largest absolute Gasteiger partial charge is 0.456 e. The van der Waals surface area contributed by atoms with E-state index in [0.717, 1.165) is 5.56 Å². The Morgan fingerprint density at radius 3 is 2.37 bits per heavy atom. The van der Waals surface area contributed by atoms with Gasteiger partial charge < -0.3 is 20.1 Å². The van der Waals surface area contributed by atoms with E-state index < -0.39 is 25.1 Å². The van der Waals surface area contributed by atoms with Gasteiger partial charge in [0.25, 0.3) is 5.91 Å². The van der Waals surface area contributed by atoms with Crippen molar-refractivity contribution in [1.29, 1.82) is 0 Å². The molecule has 0 aliphatic heterocycles. The van der Waals surface area contributed by atoms with Crippen LogP contribution in [0.1, 0.15) is 12.0 Å². The molecule has 30 heavy (non-hydrogen) atoms. The predicted molar refractivity (Wildman–Crippen MR) is 106 cm³/mol. The molecule has 2 amide bonds. The highest BCUT2D eigenvalue weighted by Gasteiger charge is 2.09. The first-order chi connectivity index (χ1) is 14.4. The van der Waals surface area contributed by atoms with E-state index in [-0.39, 0.29) is 24.6 Å². The normalized spacial score (nSPS) is 10.6. The molecule has 158 valence electrons. The highest BCUT2D eigenvalue weighted by molar-refractivity contribution is 5.93. The quantitative estimate of drug-likeness (QED) is 0.457. The Bertz CT molecular complexity index is 871. The molecule has 0 radical (unpaired) electrons. The summed E-state index contributed by atoms with van der Waals surface area (Å²) in [6.45, 7) is -3.39. The third-order valence-electron chi connectivity index (χ3n) is 3.58. The van der Waals surface area contributed by atoms with E-state index >= 15 is 0 Å². The van der Waals surface area contributed by atoms with Gasteiger partial charge in [-0.3, -0.25) is 14.4 Å². The Balaban J connectivity index is 1.62. The average Bonchev–Trinajstić information content (AvgIpc) is 2.72. The molecule has 2 aromatic carbocycles. The summed E-state index contributed by atoms with van der Waals surface area (Å²) in [6.07, 6.45) is 2.90. The Morgan fingerprint density at radius 2 is 1.70 bits per heavy atom. The first kappa shape index (κ1) is 22.5. The fourth-order valence-corrected chi connectivity index (χ4v) is 2.22. The molecule has 2 aromatic rings. The fourth-order valence-electron chi connectivity index (χ4n) is 2.22. The molecule has 0 spiro atoms. The van der Waals surface area contributed by atoms with Crippen molar-refractivity contribution < 1.29 is 32.6 Å². The van der Waals surface area contributed by atoms with Crippen LogP contribution < -0.4 is 15.4 Å². The standard InChI is InChI=1S/C21H20F2N2O5/c22-21(23)30-17-9-7-16(8-10-17)25-19(27)14-29-20(28)12-13-24-18(26)11-6-15-4-2-1-3-5-15/h1-11,21H,12-14H2,(H,24,26)(H,25,27)/b11-6+. The number of rotatable bonds is 10. The van der Waals surface area contributed by atoms with Crippen LogP contribution in [0.4, 0.5) is 14.5 Å². The van der Waals surface area contributed by atoms with Crippen molar-refractivity contribution in [3.8, 4) is 5.75 Å². The highest BCUT2D eigenvalue weighted by Crippen LogP contribution is 2.17. The maximum Gasteiger partial charge on any atom is 0.387 e. The van der Waals surface area contributed by atoms with Gasteiger partial charge in [-0.2, -0.15) is 8.78 Å². The first-order valence-electron chi connectivity index (χ1n) is 8.93. The highest BCUT2D eigenvalue weighted by atomic mass is 19.3. The van der Waals surface area contributed by atoms with Gasteiger partial charge in [-0.25, -0.2) is 0 Å². The van der Waals surface area contributed by atoms with Gasteiger partial charge in [-0.1, -0.05) is 30.3 Å². The number of carbonyl (C=O) groups excluding carboxylic acids is 3. The average molecular weight is 418 g/mol. The molecule has 0 atom stereocenters. The predicted octanol–water partition coefficient (Wildman–Crippen LogP) is 2.99. The number of benzene rings is 2. The summed E-state index contributed by atoms with van der Waals surface area (Å²) in [5.41, 5.74) is 1.20. The van der Waals surface area contributed by atoms with Gasteiger partial charge in [-0.05, 0) is 35.9 Å². The maximum absolute atomic E-state index is 12.1.